The van der Waals surface area contributed by atoms with Gasteiger partial charge in [-0.3, -0.25) is 14.6 Å². The third kappa shape index (κ3) is 3.32. The van der Waals surface area contributed by atoms with Crippen molar-refractivity contribution >= 4 is 23.1 Å². The lowest BCUT2D eigenvalue weighted by Crippen LogP contribution is -2.19. The Morgan fingerprint density at radius 3 is 2.85 bits per heavy atom. The van der Waals surface area contributed by atoms with Crippen LogP contribution in [-0.4, -0.2) is 25.7 Å². The summed E-state index contributed by atoms with van der Waals surface area (Å²) in [6.45, 7) is 3.95. The second-order valence-corrected chi connectivity index (χ2v) is 7.67. The normalized spacial score (nSPS) is 14.0. The number of aromatic amines is 1. The topological polar surface area (TPSA) is 92.7 Å². The van der Waals surface area contributed by atoms with Gasteiger partial charge in [-0.25, -0.2) is 4.98 Å². The van der Waals surface area contributed by atoms with Crippen LogP contribution in [0.1, 0.15) is 59.6 Å². The summed E-state index contributed by atoms with van der Waals surface area (Å²) in [7, 11) is 0. The molecule has 3 heterocycles. The Kier molecular flexibility index (Phi) is 4.20. The van der Waals surface area contributed by atoms with Crippen molar-refractivity contribution < 1.29 is 4.79 Å². The van der Waals surface area contributed by atoms with E-state index in [1.54, 1.807) is 6.07 Å². The van der Waals surface area contributed by atoms with Gasteiger partial charge in [0.15, 0.2) is 0 Å². The van der Waals surface area contributed by atoms with Crippen molar-refractivity contribution in [2.24, 2.45) is 0 Å². The number of aromatic nitrogens is 4. The summed E-state index contributed by atoms with van der Waals surface area (Å²) >= 11 is 1.37. The Balaban J connectivity index is 1.75. The molecule has 3 aromatic heterocycles. The molecule has 8 heteroatoms. The molecule has 4 rings (SSSR count). The largest absolute Gasteiger partial charge is 0.306 e. The summed E-state index contributed by atoms with van der Waals surface area (Å²) < 4.78 is 1.52. The van der Waals surface area contributed by atoms with Gasteiger partial charge >= 0.3 is 0 Å². The molecule has 1 fully saturated rings. The maximum absolute atomic E-state index is 12.5. The molecule has 0 unspecified atom stereocenters. The minimum absolute atomic E-state index is 0.110. The third-order valence-electron chi connectivity index (χ3n) is 4.25. The Labute approximate surface area is 154 Å². The highest BCUT2D eigenvalue weighted by Crippen LogP contribution is 2.40. The number of amides is 1. The number of hydrogen-bond acceptors (Lipinski definition) is 5. The molecule has 0 atom stereocenters. The fourth-order valence-electron chi connectivity index (χ4n) is 2.67. The first-order chi connectivity index (χ1) is 12.5. The standard InChI is InChI=1S/C18H19N5O2S/c1-10(2)12-9-16(24)21-18(19-12)23-15(8-13(22-23)11-5-6-11)20-17(25)14-4-3-7-26-14/h3-4,7-11H,5-6H2,1-2H3,(H,20,25)(H,19,21,24). The van der Waals surface area contributed by atoms with Crippen LogP contribution < -0.4 is 10.9 Å². The minimum atomic E-state index is -0.238. The van der Waals surface area contributed by atoms with Gasteiger partial charge in [0.1, 0.15) is 5.82 Å². The van der Waals surface area contributed by atoms with Crippen LogP contribution in [0.5, 0.6) is 0 Å². The molecule has 3 aromatic rings. The van der Waals surface area contributed by atoms with Crippen LogP contribution in [0.4, 0.5) is 5.82 Å². The number of carbonyl (C=O) groups excluding carboxylic acids is 1. The second-order valence-electron chi connectivity index (χ2n) is 6.72. The molecule has 1 aliphatic carbocycles. The highest BCUT2D eigenvalue weighted by molar-refractivity contribution is 7.12. The van der Waals surface area contributed by atoms with Gasteiger partial charge in [0.05, 0.1) is 16.3 Å². The van der Waals surface area contributed by atoms with Crippen molar-refractivity contribution in [2.75, 3.05) is 5.32 Å². The number of H-pyrrole nitrogens is 1. The fourth-order valence-corrected chi connectivity index (χ4v) is 3.29. The number of thiophene rings is 1. The van der Waals surface area contributed by atoms with E-state index in [0.29, 0.717) is 28.3 Å². The van der Waals surface area contributed by atoms with Gasteiger partial charge in [-0.1, -0.05) is 19.9 Å². The minimum Gasteiger partial charge on any atom is -0.306 e. The average Bonchev–Trinajstić information content (AvgIpc) is 3.14. The number of hydrogen-bond donors (Lipinski definition) is 2. The average molecular weight is 369 g/mol. The molecule has 134 valence electrons. The molecule has 1 saturated carbocycles. The van der Waals surface area contributed by atoms with E-state index >= 15 is 0 Å². The zero-order chi connectivity index (χ0) is 18.3. The van der Waals surface area contributed by atoms with Crippen molar-refractivity contribution in [3.8, 4) is 5.95 Å². The van der Waals surface area contributed by atoms with Gasteiger partial charge in [-0.15, -0.1) is 11.3 Å². The SMILES string of the molecule is CC(C)c1cc(=O)[nH]c(-n2nc(C3CC3)cc2NC(=O)c2cccs2)n1. The Hall–Kier alpha value is -2.74. The highest BCUT2D eigenvalue weighted by atomic mass is 32.1. The predicted molar refractivity (Wildman–Crippen MR) is 100 cm³/mol. The molecule has 2 N–H and O–H groups in total. The van der Waals surface area contributed by atoms with Gasteiger partial charge in [0.25, 0.3) is 11.5 Å². The Morgan fingerprint density at radius 2 is 2.19 bits per heavy atom. The van der Waals surface area contributed by atoms with Gasteiger partial charge in [0.2, 0.25) is 5.95 Å². The Bertz CT molecular complexity index is 999. The van der Waals surface area contributed by atoms with Crippen molar-refractivity contribution in [2.45, 2.75) is 38.5 Å². The van der Waals surface area contributed by atoms with E-state index in [1.165, 1.54) is 22.1 Å². The number of carbonyl (C=O) groups is 1. The van der Waals surface area contributed by atoms with E-state index in [-0.39, 0.29) is 17.4 Å². The van der Waals surface area contributed by atoms with Crippen molar-refractivity contribution in [3.05, 3.63) is 56.3 Å². The predicted octanol–water partition coefficient (Wildman–Crippen LogP) is 3.27. The highest BCUT2D eigenvalue weighted by Gasteiger charge is 2.28. The van der Waals surface area contributed by atoms with Crippen LogP contribution in [0.3, 0.4) is 0 Å². The van der Waals surface area contributed by atoms with Gasteiger partial charge in [-0.05, 0) is 30.2 Å². The zero-order valence-electron chi connectivity index (χ0n) is 14.5. The number of anilines is 1. The van der Waals surface area contributed by atoms with Gasteiger partial charge < -0.3 is 5.32 Å². The van der Waals surface area contributed by atoms with E-state index in [2.05, 4.69) is 20.4 Å². The Morgan fingerprint density at radius 1 is 1.38 bits per heavy atom. The van der Waals surface area contributed by atoms with Crippen LogP contribution in [-0.2, 0) is 0 Å². The van der Waals surface area contributed by atoms with E-state index in [9.17, 15) is 9.59 Å². The molecular weight excluding hydrogens is 350 g/mol. The third-order valence-corrected chi connectivity index (χ3v) is 5.12. The first-order valence-electron chi connectivity index (χ1n) is 8.57. The lowest BCUT2D eigenvalue weighted by Gasteiger charge is -2.10. The summed E-state index contributed by atoms with van der Waals surface area (Å²) in [4.78, 5) is 32.4. The van der Waals surface area contributed by atoms with E-state index < -0.39 is 0 Å². The summed E-state index contributed by atoms with van der Waals surface area (Å²) in [6.07, 6.45) is 2.18. The summed E-state index contributed by atoms with van der Waals surface area (Å²) in [5.41, 5.74) is 1.35. The maximum Gasteiger partial charge on any atom is 0.266 e. The summed E-state index contributed by atoms with van der Waals surface area (Å²) in [6, 6.07) is 6.95. The molecule has 0 aromatic carbocycles. The molecule has 26 heavy (non-hydrogen) atoms. The molecule has 0 spiro atoms. The molecule has 0 bridgehead atoms. The molecule has 1 aliphatic rings. The van der Waals surface area contributed by atoms with E-state index in [4.69, 9.17) is 0 Å². The van der Waals surface area contributed by atoms with E-state index in [1.807, 2.05) is 31.4 Å². The van der Waals surface area contributed by atoms with Gasteiger partial charge in [0, 0.05) is 18.1 Å². The lowest BCUT2D eigenvalue weighted by molar-refractivity contribution is 0.103. The van der Waals surface area contributed by atoms with Crippen LogP contribution in [0.25, 0.3) is 5.95 Å². The smallest absolute Gasteiger partial charge is 0.266 e. The van der Waals surface area contributed by atoms with Crippen LogP contribution in [0, 0.1) is 0 Å². The second kappa shape index (κ2) is 6.53. The zero-order valence-corrected chi connectivity index (χ0v) is 15.3. The van der Waals surface area contributed by atoms with Crippen LogP contribution in [0.2, 0.25) is 0 Å². The quantitative estimate of drug-likeness (QED) is 0.722. The molecular formula is C18H19N5O2S. The van der Waals surface area contributed by atoms with Gasteiger partial charge in [-0.2, -0.15) is 9.78 Å². The molecule has 7 nitrogen and oxygen atoms in total. The molecule has 0 aliphatic heterocycles. The van der Waals surface area contributed by atoms with E-state index in [0.717, 1.165) is 18.5 Å². The number of nitrogens with one attached hydrogen (secondary N) is 2. The molecule has 0 radical (unpaired) electrons. The van der Waals surface area contributed by atoms with Crippen molar-refractivity contribution in [1.29, 1.82) is 0 Å². The number of rotatable bonds is 5. The van der Waals surface area contributed by atoms with Crippen LogP contribution in [0.15, 0.2) is 34.4 Å². The van der Waals surface area contributed by atoms with Crippen molar-refractivity contribution in [1.82, 2.24) is 19.7 Å². The summed E-state index contributed by atoms with van der Waals surface area (Å²) in [5.74, 6) is 1.14. The van der Waals surface area contributed by atoms with Crippen LogP contribution >= 0.6 is 11.3 Å². The molecule has 0 saturated heterocycles. The number of nitrogens with zero attached hydrogens (tertiary/aromatic N) is 3. The van der Waals surface area contributed by atoms with Crippen molar-refractivity contribution in [3.63, 3.8) is 0 Å². The molecule has 1 amide bonds. The first kappa shape index (κ1) is 16.7. The lowest BCUT2D eigenvalue weighted by atomic mass is 10.1. The fraction of sp³-hybridized carbons (Fsp3) is 0.333. The summed E-state index contributed by atoms with van der Waals surface area (Å²) in [5, 5.41) is 9.34. The first-order valence-corrected chi connectivity index (χ1v) is 9.45. The monoisotopic (exact) mass is 369 g/mol. The maximum atomic E-state index is 12.5.